The second kappa shape index (κ2) is 10.1. The predicted octanol–water partition coefficient (Wildman–Crippen LogP) is 7.01. The topological polar surface area (TPSA) is 18.5 Å². The van der Waals surface area contributed by atoms with Crippen molar-refractivity contribution < 1.29 is 22.6 Å². The number of ether oxygens (including phenoxy) is 2. The highest BCUT2D eigenvalue weighted by molar-refractivity contribution is 5.66. The molecule has 0 bridgehead atoms. The van der Waals surface area contributed by atoms with Gasteiger partial charge in [0.05, 0.1) is 19.3 Å². The third-order valence-corrected chi connectivity index (χ3v) is 5.54. The Bertz CT molecular complexity index is 814. The summed E-state index contributed by atoms with van der Waals surface area (Å²) in [6.07, 6.45) is 5.97. The molecule has 5 heteroatoms. The first-order valence-electron chi connectivity index (χ1n) is 10.6. The lowest BCUT2D eigenvalue weighted by atomic mass is 9.89. The van der Waals surface area contributed by atoms with Crippen LogP contribution in [-0.4, -0.2) is 19.3 Å². The van der Waals surface area contributed by atoms with Gasteiger partial charge < -0.3 is 9.47 Å². The van der Waals surface area contributed by atoms with E-state index >= 15 is 0 Å². The summed E-state index contributed by atoms with van der Waals surface area (Å²) >= 11 is 0. The molecule has 0 aliphatic carbocycles. The Morgan fingerprint density at radius 1 is 0.966 bits per heavy atom. The second-order valence-electron chi connectivity index (χ2n) is 7.70. The summed E-state index contributed by atoms with van der Waals surface area (Å²) in [5, 5.41) is 0. The van der Waals surface area contributed by atoms with E-state index in [1.807, 2.05) is 6.92 Å². The minimum absolute atomic E-state index is 0.0471. The maximum absolute atomic E-state index is 14.8. The van der Waals surface area contributed by atoms with Crippen molar-refractivity contribution in [2.45, 2.75) is 64.4 Å². The standard InChI is InChI=1S/C24H29F3O2/c1-3-5-13-28-22-12-11-20(23(26)24(22)27)19-10-8-16(14-21(19)25)17-7-9-18(6-4-2)29-15-17/h8,10-12,14,17-18H,3-7,9,13,15H2,1-2H3. The molecule has 1 fully saturated rings. The quantitative estimate of drug-likeness (QED) is 0.439. The van der Waals surface area contributed by atoms with Gasteiger partial charge in [-0.1, -0.05) is 38.8 Å². The van der Waals surface area contributed by atoms with E-state index in [1.165, 1.54) is 24.3 Å². The van der Waals surface area contributed by atoms with Crippen LogP contribution in [0.1, 0.15) is 63.9 Å². The van der Waals surface area contributed by atoms with Gasteiger partial charge in [-0.25, -0.2) is 8.78 Å². The van der Waals surface area contributed by atoms with Crippen molar-refractivity contribution in [3.8, 4) is 16.9 Å². The highest BCUT2D eigenvalue weighted by Crippen LogP contribution is 2.35. The Morgan fingerprint density at radius 3 is 2.41 bits per heavy atom. The summed E-state index contributed by atoms with van der Waals surface area (Å²) in [5.74, 6) is -2.74. The molecule has 1 saturated heterocycles. The fraction of sp³-hybridized carbons (Fsp3) is 0.500. The van der Waals surface area contributed by atoms with Crippen LogP contribution in [0, 0.1) is 17.5 Å². The van der Waals surface area contributed by atoms with Gasteiger partial charge in [0.15, 0.2) is 11.6 Å². The molecule has 2 atom stereocenters. The molecule has 0 N–H and O–H groups in total. The maximum atomic E-state index is 14.8. The van der Waals surface area contributed by atoms with Crippen molar-refractivity contribution in [1.29, 1.82) is 0 Å². The van der Waals surface area contributed by atoms with Gasteiger partial charge in [-0.2, -0.15) is 4.39 Å². The number of unbranched alkanes of at least 4 members (excludes halogenated alkanes) is 1. The van der Waals surface area contributed by atoms with Gasteiger partial charge in [0, 0.05) is 17.0 Å². The SMILES string of the molecule is CCCCOc1ccc(-c2ccc(C3CCC(CCC)OC3)cc2F)c(F)c1F. The van der Waals surface area contributed by atoms with Gasteiger partial charge in [-0.3, -0.25) is 0 Å². The maximum Gasteiger partial charge on any atom is 0.201 e. The summed E-state index contributed by atoms with van der Waals surface area (Å²) < 4.78 is 54.9. The molecule has 2 nitrogen and oxygen atoms in total. The van der Waals surface area contributed by atoms with Crippen molar-refractivity contribution in [1.82, 2.24) is 0 Å². The molecule has 0 spiro atoms. The predicted molar refractivity (Wildman–Crippen MR) is 109 cm³/mol. The fourth-order valence-corrected chi connectivity index (χ4v) is 3.80. The average Bonchev–Trinajstić information content (AvgIpc) is 2.73. The molecular formula is C24H29F3O2. The second-order valence-corrected chi connectivity index (χ2v) is 7.70. The minimum atomic E-state index is -1.09. The number of halogens is 3. The zero-order valence-electron chi connectivity index (χ0n) is 17.1. The first-order valence-corrected chi connectivity index (χ1v) is 10.6. The van der Waals surface area contributed by atoms with Crippen LogP contribution in [-0.2, 0) is 4.74 Å². The Morgan fingerprint density at radius 2 is 1.76 bits per heavy atom. The summed E-state index contributed by atoms with van der Waals surface area (Å²) in [4.78, 5) is 0. The molecule has 1 heterocycles. The molecule has 2 aromatic carbocycles. The summed E-state index contributed by atoms with van der Waals surface area (Å²) in [6, 6.07) is 7.47. The van der Waals surface area contributed by atoms with Gasteiger partial charge in [0.1, 0.15) is 5.82 Å². The van der Waals surface area contributed by atoms with E-state index in [4.69, 9.17) is 9.47 Å². The molecular weight excluding hydrogens is 377 g/mol. The normalized spacial score (nSPS) is 19.3. The van der Waals surface area contributed by atoms with Crippen molar-refractivity contribution in [3.63, 3.8) is 0 Å². The molecule has 1 aliphatic rings. The molecule has 2 aromatic rings. The smallest absolute Gasteiger partial charge is 0.201 e. The molecule has 0 radical (unpaired) electrons. The van der Waals surface area contributed by atoms with E-state index in [9.17, 15) is 13.2 Å². The number of hydrogen-bond acceptors (Lipinski definition) is 2. The largest absolute Gasteiger partial charge is 0.490 e. The van der Waals surface area contributed by atoms with Crippen LogP contribution in [0.4, 0.5) is 13.2 Å². The number of rotatable bonds is 8. The first-order chi connectivity index (χ1) is 14.0. The van der Waals surface area contributed by atoms with E-state index in [1.54, 1.807) is 6.07 Å². The van der Waals surface area contributed by atoms with Crippen LogP contribution < -0.4 is 4.74 Å². The summed E-state index contributed by atoms with van der Waals surface area (Å²) in [5.41, 5.74) is 0.782. The fourth-order valence-electron chi connectivity index (χ4n) is 3.80. The van der Waals surface area contributed by atoms with Crippen LogP contribution in [0.25, 0.3) is 11.1 Å². The molecule has 29 heavy (non-hydrogen) atoms. The van der Waals surface area contributed by atoms with Crippen LogP contribution >= 0.6 is 0 Å². The molecule has 3 rings (SSSR count). The zero-order valence-corrected chi connectivity index (χ0v) is 17.1. The highest BCUT2D eigenvalue weighted by atomic mass is 19.2. The lowest BCUT2D eigenvalue weighted by Crippen LogP contribution is -2.24. The van der Waals surface area contributed by atoms with Crippen molar-refractivity contribution in [2.75, 3.05) is 13.2 Å². The van der Waals surface area contributed by atoms with E-state index < -0.39 is 17.5 Å². The molecule has 0 amide bonds. The van der Waals surface area contributed by atoms with Crippen LogP contribution in [0.3, 0.4) is 0 Å². The number of benzene rings is 2. The van der Waals surface area contributed by atoms with Gasteiger partial charge in [0.2, 0.25) is 5.82 Å². The van der Waals surface area contributed by atoms with Gasteiger partial charge in [-0.15, -0.1) is 0 Å². The minimum Gasteiger partial charge on any atom is -0.490 e. The molecule has 1 aliphatic heterocycles. The molecule has 2 unspecified atom stereocenters. The summed E-state index contributed by atoms with van der Waals surface area (Å²) in [7, 11) is 0. The Kier molecular flexibility index (Phi) is 7.59. The number of hydrogen-bond donors (Lipinski definition) is 0. The van der Waals surface area contributed by atoms with Gasteiger partial charge >= 0.3 is 0 Å². The molecule has 0 saturated carbocycles. The Balaban J connectivity index is 1.76. The van der Waals surface area contributed by atoms with Crippen LogP contribution in [0.2, 0.25) is 0 Å². The summed E-state index contributed by atoms with van der Waals surface area (Å²) in [6.45, 7) is 5.00. The van der Waals surface area contributed by atoms with E-state index in [0.29, 0.717) is 13.2 Å². The van der Waals surface area contributed by atoms with E-state index in [2.05, 4.69) is 6.92 Å². The van der Waals surface area contributed by atoms with Crippen molar-refractivity contribution >= 4 is 0 Å². The van der Waals surface area contributed by atoms with Crippen LogP contribution in [0.5, 0.6) is 5.75 Å². The molecule has 158 valence electrons. The van der Waals surface area contributed by atoms with Crippen molar-refractivity contribution in [3.05, 3.63) is 53.3 Å². The average molecular weight is 406 g/mol. The lowest BCUT2D eigenvalue weighted by Gasteiger charge is -2.29. The van der Waals surface area contributed by atoms with Crippen LogP contribution in [0.15, 0.2) is 30.3 Å². The Labute approximate surface area is 171 Å². The highest BCUT2D eigenvalue weighted by Gasteiger charge is 2.24. The van der Waals surface area contributed by atoms with Gasteiger partial charge in [-0.05, 0) is 49.4 Å². The lowest BCUT2D eigenvalue weighted by molar-refractivity contribution is -0.00115. The van der Waals surface area contributed by atoms with E-state index in [-0.39, 0.29) is 28.9 Å². The van der Waals surface area contributed by atoms with E-state index in [0.717, 1.165) is 44.1 Å². The monoisotopic (exact) mass is 406 g/mol. The molecule has 0 aromatic heterocycles. The third kappa shape index (κ3) is 5.13. The third-order valence-electron chi connectivity index (χ3n) is 5.54. The van der Waals surface area contributed by atoms with Gasteiger partial charge in [0.25, 0.3) is 0 Å². The first kappa shape index (κ1) is 21.7. The zero-order chi connectivity index (χ0) is 20.8. The Hall–Kier alpha value is -2.01. The van der Waals surface area contributed by atoms with Crippen molar-refractivity contribution in [2.24, 2.45) is 0 Å².